The molecule has 0 saturated carbocycles. The third-order valence-corrected chi connectivity index (χ3v) is 7.04. The number of halogens is 2. The molecule has 0 spiro atoms. The third kappa shape index (κ3) is 7.67. The van der Waals surface area contributed by atoms with Crippen molar-refractivity contribution < 1.29 is 37.6 Å². The number of benzene rings is 2. The first kappa shape index (κ1) is 32.7. The highest BCUT2D eigenvalue weighted by Gasteiger charge is 2.39. The number of nitrogens with zero attached hydrogens (tertiary/aromatic N) is 3. The zero-order valence-corrected chi connectivity index (χ0v) is 25.0. The molecule has 0 bridgehead atoms. The zero-order valence-electron chi connectivity index (χ0n) is 25.0. The van der Waals surface area contributed by atoms with Crippen molar-refractivity contribution in [2.75, 3.05) is 19.7 Å². The van der Waals surface area contributed by atoms with Gasteiger partial charge in [-0.2, -0.15) is 13.8 Å². The number of hydrogen-bond acceptors (Lipinski definition) is 10. The van der Waals surface area contributed by atoms with Crippen molar-refractivity contribution in [3.05, 3.63) is 59.7 Å². The standard InChI is InChI=1S/C30H35F2N7O6/c1-4-42-28(41)30(2,3)39-12-10-18(11-13-39)43-24-22(31)26(44-19-7-5-6-17(15-19)37-29(35)36)38-27(23(24)32)45-21-14-16(25(33)34)8-9-20(21)40/h5-9,14-15,18,40H,4,10-13H2,1-3H3,(H3,33,34)(H4,35,36,37). The molecule has 2 aromatic carbocycles. The lowest BCUT2D eigenvalue weighted by Crippen LogP contribution is -2.54. The maximum absolute atomic E-state index is 15.9. The number of phenolic OH excluding ortho intramolecular Hbond substituents is 1. The van der Waals surface area contributed by atoms with Crippen LogP contribution in [0.5, 0.6) is 34.8 Å². The number of aromatic nitrogens is 1. The molecule has 1 aromatic heterocycles. The lowest BCUT2D eigenvalue weighted by molar-refractivity contribution is -0.157. The van der Waals surface area contributed by atoms with Crippen LogP contribution in [0.15, 0.2) is 47.5 Å². The Morgan fingerprint density at radius 2 is 1.76 bits per heavy atom. The van der Waals surface area contributed by atoms with Crippen molar-refractivity contribution in [2.45, 2.75) is 45.3 Å². The Labute approximate surface area is 258 Å². The summed E-state index contributed by atoms with van der Waals surface area (Å²) >= 11 is 0. The molecule has 240 valence electrons. The van der Waals surface area contributed by atoms with Crippen LogP contribution >= 0.6 is 0 Å². The Morgan fingerprint density at radius 3 is 2.38 bits per heavy atom. The van der Waals surface area contributed by atoms with E-state index >= 15 is 8.78 Å². The molecule has 1 fully saturated rings. The normalized spacial score (nSPS) is 14.0. The first-order chi connectivity index (χ1) is 21.3. The van der Waals surface area contributed by atoms with E-state index in [-0.39, 0.29) is 41.4 Å². The number of esters is 1. The monoisotopic (exact) mass is 627 g/mol. The molecular formula is C30H35F2N7O6. The van der Waals surface area contributed by atoms with Gasteiger partial charge < -0.3 is 41.3 Å². The number of pyridine rings is 1. The number of carbonyl (C=O) groups excluding carboxylic acids is 1. The summed E-state index contributed by atoms with van der Waals surface area (Å²) in [5, 5.41) is 18.0. The van der Waals surface area contributed by atoms with Gasteiger partial charge in [0.15, 0.2) is 17.5 Å². The quantitative estimate of drug-likeness (QED) is 0.117. The summed E-state index contributed by atoms with van der Waals surface area (Å²) in [4.78, 5) is 22.2. The van der Waals surface area contributed by atoms with Crippen molar-refractivity contribution in [1.29, 1.82) is 5.41 Å². The molecule has 1 saturated heterocycles. The lowest BCUT2D eigenvalue weighted by Gasteiger charge is -2.40. The second-order valence-corrected chi connectivity index (χ2v) is 10.6. The second-order valence-electron chi connectivity index (χ2n) is 10.6. The fraction of sp³-hybridized carbons (Fsp3) is 0.333. The molecule has 0 aliphatic carbocycles. The number of hydrogen-bond donors (Lipinski definition) is 5. The van der Waals surface area contributed by atoms with E-state index in [0.717, 1.165) is 0 Å². The summed E-state index contributed by atoms with van der Waals surface area (Å²) in [5.41, 5.74) is 16.0. The Bertz CT molecular complexity index is 1610. The number of carbonyl (C=O) groups is 1. The van der Waals surface area contributed by atoms with Crippen LogP contribution < -0.4 is 31.4 Å². The third-order valence-electron chi connectivity index (χ3n) is 7.04. The number of aromatic hydroxyl groups is 1. The SMILES string of the molecule is CCOC(=O)C(C)(C)N1CCC(Oc2c(F)c(Oc3cccc(N=C(N)N)c3)nc(Oc3cc(C(=N)N)ccc3O)c2F)CC1. The predicted octanol–water partition coefficient (Wildman–Crippen LogP) is 4.02. The smallest absolute Gasteiger partial charge is 0.325 e. The van der Waals surface area contributed by atoms with Gasteiger partial charge in [-0.1, -0.05) is 6.07 Å². The van der Waals surface area contributed by atoms with Gasteiger partial charge in [0.05, 0.1) is 12.3 Å². The zero-order chi connectivity index (χ0) is 32.9. The van der Waals surface area contributed by atoms with Crippen LogP contribution in [0, 0.1) is 17.0 Å². The lowest BCUT2D eigenvalue weighted by atomic mass is 9.97. The fourth-order valence-corrected chi connectivity index (χ4v) is 4.60. The molecule has 0 atom stereocenters. The van der Waals surface area contributed by atoms with E-state index in [1.165, 1.54) is 30.3 Å². The number of guanidine groups is 1. The fourth-order valence-electron chi connectivity index (χ4n) is 4.60. The molecule has 13 nitrogen and oxygen atoms in total. The number of nitrogen functional groups attached to an aromatic ring is 1. The number of rotatable bonds is 11. The molecule has 1 aliphatic heterocycles. The first-order valence-corrected chi connectivity index (χ1v) is 14.0. The first-order valence-electron chi connectivity index (χ1n) is 14.0. The molecule has 0 unspecified atom stereocenters. The van der Waals surface area contributed by atoms with Crippen molar-refractivity contribution in [3.63, 3.8) is 0 Å². The van der Waals surface area contributed by atoms with Crippen molar-refractivity contribution in [2.24, 2.45) is 22.2 Å². The Kier molecular flexibility index (Phi) is 9.91. The molecule has 2 heterocycles. The number of nitrogens with one attached hydrogen (secondary N) is 1. The van der Waals surface area contributed by atoms with Gasteiger partial charge in [0, 0.05) is 24.7 Å². The van der Waals surface area contributed by atoms with Gasteiger partial charge in [-0.05, 0) is 63.9 Å². The summed E-state index contributed by atoms with van der Waals surface area (Å²) < 4.78 is 54.0. The van der Waals surface area contributed by atoms with Crippen molar-refractivity contribution in [3.8, 4) is 34.8 Å². The van der Waals surface area contributed by atoms with Crippen LogP contribution in [-0.4, -0.2) is 64.1 Å². The van der Waals surface area contributed by atoms with Crippen LogP contribution in [0.25, 0.3) is 0 Å². The molecule has 0 radical (unpaired) electrons. The average molecular weight is 628 g/mol. The summed E-state index contributed by atoms with van der Waals surface area (Å²) in [6.45, 7) is 6.25. The predicted molar refractivity (Wildman–Crippen MR) is 161 cm³/mol. The number of ether oxygens (including phenoxy) is 4. The van der Waals surface area contributed by atoms with Crippen LogP contribution in [0.3, 0.4) is 0 Å². The van der Waals surface area contributed by atoms with E-state index in [4.69, 9.17) is 41.6 Å². The number of piperidine rings is 1. The number of likely N-dealkylation sites (tertiary alicyclic amines) is 1. The minimum Gasteiger partial charge on any atom is -0.504 e. The highest BCUT2D eigenvalue weighted by atomic mass is 19.1. The number of phenols is 1. The highest BCUT2D eigenvalue weighted by molar-refractivity contribution is 5.95. The molecule has 8 N–H and O–H groups in total. The van der Waals surface area contributed by atoms with Gasteiger partial charge in [-0.3, -0.25) is 15.1 Å². The van der Waals surface area contributed by atoms with Gasteiger partial charge >= 0.3 is 5.97 Å². The number of amidine groups is 1. The summed E-state index contributed by atoms with van der Waals surface area (Å²) in [7, 11) is 0. The van der Waals surface area contributed by atoms with E-state index in [1.54, 1.807) is 32.9 Å². The Balaban J connectivity index is 1.67. The van der Waals surface area contributed by atoms with Crippen molar-refractivity contribution >= 4 is 23.5 Å². The van der Waals surface area contributed by atoms with Crippen LogP contribution in [0.1, 0.15) is 39.2 Å². The minimum absolute atomic E-state index is 0.0586. The van der Waals surface area contributed by atoms with Crippen molar-refractivity contribution in [1.82, 2.24) is 9.88 Å². The molecule has 4 rings (SSSR count). The highest BCUT2D eigenvalue weighted by Crippen LogP contribution is 2.41. The molecule has 0 amide bonds. The van der Waals surface area contributed by atoms with Gasteiger partial charge in [-0.15, -0.1) is 0 Å². The van der Waals surface area contributed by atoms with Crippen LogP contribution in [-0.2, 0) is 9.53 Å². The topological polar surface area (TPSA) is 205 Å². The van der Waals surface area contributed by atoms with E-state index in [2.05, 4.69) is 9.98 Å². The van der Waals surface area contributed by atoms with E-state index in [0.29, 0.717) is 31.6 Å². The molecule has 3 aromatic rings. The van der Waals surface area contributed by atoms with Gasteiger partial charge in [0.25, 0.3) is 11.8 Å². The number of aliphatic imine (C=N–C) groups is 1. The average Bonchev–Trinajstić information content (AvgIpc) is 2.99. The van der Waals surface area contributed by atoms with E-state index in [9.17, 15) is 9.90 Å². The Morgan fingerprint density at radius 1 is 1.09 bits per heavy atom. The van der Waals surface area contributed by atoms with Gasteiger partial charge in [0.1, 0.15) is 23.2 Å². The molecule has 15 heteroatoms. The molecular weight excluding hydrogens is 592 g/mol. The van der Waals surface area contributed by atoms with Crippen LogP contribution in [0.4, 0.5) is 14.5 Å². The van der Waals surface area contributed by atoms with E-state index < -0.39 is 46.5 Å². The maximum Gasteiger partial charge on any atom is 0.325 e. The van der Waals surface area contributed by atoms with Gasteiger partial charge in [0.2, 0.25) is 17.4 Å². The summed E-state index contributed by atoms with van der Waals surface area (Å²) in [5.74, 6) is -6.43. The molecule has 45 heavy (non-hydrogen) atoms. The summed E-state index contributed by atoms with van der Waals surface area (Å²) in [6.07, 6.45) is 0.0163. The van der Waals surface area contributed by atoms with E-state index in [1.807, 2.05) is 4.90 Å². The second kappa shape index (κ2) is 13.6. The maximum atomic E-state index is 15.9. The minimum atomic E-state index is -1.30. The Hall–Kier alpha value is -5.18. The van der Waals surface area contributed by atoms with Crippen LogP contribution in [0.2, 0.25) is 0 Å². The largest absolute Gasteiger partial charge is 0.504 e. The summed E-state index contributed by atoms with van der Waals surface area (Å²) in [6, 6.07) is 9.75. The number of nitrogens with two attached hydrogens (primary N) is 3. The van der Waals surface area contributed by atoms with Gasteiger partial charge in [-0.25, -0.2) is 4.99 Å². The molecule has 1 aliphatic rings.